The molecule has 0 saturated carbocycles. The van der Waals surface area contributed by atoms with Crippen LogP contribution in [0, 0.1) is 0 Å². The van der Waals surface area contributed by atoms with Gasteiger partial charge in [-0.25, -0.2) is 4.98 Å². The Labute approximate surface area is 129 Å². The zero-order valence-corrected chi connectivity index (χ0v) is 12.5. The van der Waals surface area contributed by atoms with Crippen LogP contribution < -0.4 is 14.8 Å². The van der Waals surface area contributed by atoms with Crippen LogP contribution in [-0.2, 0) is 13.5 Å². The summed E-state index contributed by atoms with van der Waals surface area (Å²) in [5.41, 5.74) is 0.573. The maximum absolute atomic E-state index is 12.2. The first-order valence-corrected chi connectivity index (χ1v) is 7.38. The SMILES string of the molecule is Cn1ccnc1CCNC(=O)c1ccc2c(c1)OCCCO2. The lowest BCUT2D eigenvalue weighted by atomic mass is 10.2. The molecule has 1 aromatic heterocycles. The smallest absolute Gasteiger partial charge is 0.251 e. The van der Waals surface area contributed by atoms with Gasteiger partial charge >= 0.3 is 0 Å². The number of rotatable bonds is 4. The summed E-state index contributed by atoms with van der Waals surface area (Å²) < 4.78 is 13.1. The summed E-state index contributed by atoms with van der Waals surface area (Å²) in [6, 6.07) is 5.27. The van der Waals surface area contributed by atoms with Crippen molar-refractivity contribution in [2.75, 3.05) is 19.8 Å². The molecule has 1 aliphatic rings. The molecule has 116 valence electrons. The van der Waals surface area contributed by atoms with Gasteiger partial charge in [-0.2, -0.15) is 0 Å². The van der Waals surface area contributed by atoms with Crippen LogP contribution in [0.3, 0.4) is 0 Å². The monoisotopic (exact) mass is 301 g/mol. The number of nitrogens with one attached hydrogen (secondary N) is 1. The summed E-state index contributed by atoms with van der Waals surface area (Å²) in [4.78, 5) is 16.4. The van der Waals surface area contributed by atoms with Crippen LogP contribution >= 0.6 is 0 Å². The van der Waals surface area contributed by atoms with Crippen LogP contribution in [0.2, 0.25) is 0 Å². The number of aryl methyl sites for hydroxylation is 1. The first-order chi connectivity index (χ1) is 10.7. The summed E-state index contributed by atoms with van der Waals surface area (Å²) in [6.45, 7) is 1.79. The second kappa shape index (κ2) is 6.51. The number of carbonyl (C=O) groups is 1. The molecule has 22 heavy (non-hydrogen) atoms. The van der Waals surface area contributed by atoms with Crippen LogP contribution in [0.5, 0.6) is 11.5 Å². The Morgan fingerprint density at radius 1 is 1.32 bits per heavy atom. The van der Waals surface area contributed by atoms with Gasteiger partial charge in [0.05, 0.1) is 13.2 Å². The zero-order valence-electron chi connectivity index (χ0n) is 12.5. The quantitative estimate of drug-likeness (QED) is 0.930. The number of carbonyl (C=O) groups excluding carboxylic acids is 1. The molecular formula is C16H19N3O3. The second-order valence-electron chi connectivity index (χ2n) is 5.17. The number of ether oxygens (including phenoxy) is 2. The standard InChI is InChI=1S/C16H19N3O3/c1-19-8-7-17-15(19)5-6-18-16(20)12-3-4-13-14(11-12)22-10-2-9-21-13/h3-4,7-8,11H,2,5-6,9-10H2,1H3,(H,18,20). The van der Waals surface area contributed by atoms with Gasteiger partial charge in [0.25, 0.3) is 5.91 Å². The Balaban J connectivity index is 1.60. The van der Waals surface area contributed by atoms with E-state index in [4.69, 9.17) is 9.47 Å². The molecule has 0 saturated heterocycles. The number of benzene rings is 1. The lowest BCUT2D eigenvalue weighted by Gasteiger charge is -2.10. The summed E-state index contributed by atoms with van der Waals surface area (Å²) in [6.07, 6.45) is 5.18. The van der Waals surface area contributed by atoms with Crippen molar-refractivity contribution in [3.8, 4) is 11.5 Å². The van der Waals surface area contributed by atoms with E-state index >= 15 is 0 Å². The van der Waals surface area contributed by atoms with Crippen LogP contribution in [0.15, 0.2) is 30.6 Å². The van der Waals surface area contributed by atoms with Crippen molar-refractivity contribution in [1.29, 1.82) is 0 Å². The Hall–Kier alpha value is -2.50. The summed E-state index contributed by atoms with van der Waals surface area (Å²) in [5, 5.41) is 2.90. The molecule has 0 unspecified atom stereocenters. The molecule has 2 aromatic rings. The fraction of sp³-hybridized carbons (Fsp3) is 0.375. The highest BCUT2D eigenvalue weighted by molar-refractivity contribution is 5.94. The molecular weight excluding hydrogens is 282 g/mol. The number of aromatic nitrogens is 2. The topological polar surface area (TPSA) is 65.4 Å². The first-order valence-electron chi connectivity index (χ1n) is 7.38. The van der Waals surface area contributed by atoms with Crippen molar-refractivity contribution in [3.05, 3.63) is 42.0 Å². The fourth-order valence-corrected chi connectivity index (χ4v) is 2.33. The van der Waals surface area contributed by atoms with E-state index in [1.165, 1.54) is 0 Å². The van der Waals surface area contributed by atoms with Gasteiger partial charge < -0.3 is 19.4 Å². The van der Waals surface area contributed by atoms with Gasteiger partial charge in [0.1, 0.15) is 5.82 Å². The van der Waals surface area contributed by atoms with Crippen molar-refractivity contribution in [3.63, 3.8) is 0 Å². The lowest BCUT2D eigenvalue weighted by Crippen LogP contribution is -2.26. The molecule has 0 aliphatic carbocycles. The number of amides is 1. The van der Waals surface area contributed by atoms with E-state index in [1.807, 2.05) is 17.8 Å². The van der Waals surface area contributed by atoms with Crippen molar-refractivity contribution in [2.24, 2.45) is 7.05 Å². The van der Waals surface area contributed by atoms with Crippen molar-refractivity contribution < 1.29 is 14.3 Å². The highest BCUT2D eigenvalue weighted by atomic mass is 16.5. The van der Waals surface area contributed by atoms with Gasteiger partial charge in [-0.3, -0.25) is 4.79 Å². The Kier molecular flexibility index (Phi) is 4.27. The number of imidazole rings is 1. The molecule has 2 heterocycles. The summed E-state index contributed by atoms with van der Waals surface area (Å²) in [7, 11) is 1.94. The van der Waals surface area contributed by atoms with Gasteiger partial charge in [0.2, 0.25) is 0 Å². The lowest BCUT2D eigenvalue weighted by molar-refractivity contribution is 0.0953. The maximum Gasteiger partial charge on any atom is 0.251 e. The molecule has 0 fully saturated rings. The molecule has 0 bridgehead atoms. The van der Waals surface area contributed by atoms with E-state index in [1.54, 1.807) is 24.4 Å². The molecule has 1 amide bonds. The van der Waals surface area contributed by atoms with E-state index in [-0.39, 0.29) is 5.91 Å². The van der Waals surface area contributed by atoms with Crippen molar-refractivity contribution in [2.45, 2.75) is 12.8 Å². The third kappa shape index (κ3) is 3.21. The van der Waals surface area contributed by atoms with Gasteiger partial charge in [0, 0.05) is 44.4 Å². The van der Waals surface area contributed by atoms with Crippen molar-refractivity contribution in [1.82, 2.24) is 14.9 Å². The first kappa shape index (κ1) is 14.4. The third-order valence-corrected chi connectivity index (χ3v) is 3.56. The molecule has 0 spiro atoms. The predicted octanol–water partition coefficient (Wildman–Crippen LogP) is 1.55. The van der Waals surface area contributed by atoms with Gasteiger partial charge in [-0.05, 0) is 18.2 Å². The molecule has 0 radical (unpaired) electrons. The molecule has 1 aliphatic heterocycles. The number of nitrogens with zero attached hydrogens (tertiary/aromatic N) is 2. The number of hydrogen-bond donors (Lipinski definition) is 1. The molecule has 3 rings (SSSR count). The zero-order chi connectivity index (χ0) is 15.4. The van der Waals surface area contributed by atoms with Gasteiger partial charge in [-0.15, -0.1) is 0 Å². The van der Waals surface area contributed by atoms with Crippen LogP contribution in [-0.4, -0.2) is 35.2 Å². The largest absolute Gasteiger partial charge is 0.490 e. The molecule has 1 aromatic carbocycles. The Morgan fingerprint density at radius 2 is 2.14 bits per heavy atom. The highest BCUT2D eigenvalue weighted by Gasteiger charge is 2.14. The Morgan fingerprint density at radius 3 is 2.91 bits per heavy atom. The molecule has 0 atom stereocenters. The van der Waals surface area contributed by atoms with Crippen molar-refractivity contribution >= 4 is 5.91 Å². The van der Waals surface area contributed by atoms with Crippen LogP contribution in [0.4, 0.5) is 0 Å². The van der Waals surface area contributed by atoms with E-state index in [0.717, 1.165) is 12.2 Å². The van der Waals surface area contributed by atoms with Gasteiger partial charge in [-0.1, -0.05) is 0 Å². The normalized spacial score (nSPS) is 13.5. The van der Waals surface area contributed by atoms with E-state index < -0.39 is 0 Å². The minimum absolute atomic E-state index is 0.121. The maximum atomic E-state index is 12.2. The summed E-state index contributed by atoms with van der Waals surface area (Å²) in [5.74, 6) is 2.15. The average molecular weight is 301 g/mol. The Bertz CT molecular complexity index is 666. The van der Waals surface area contributed by atoms with Gasteiger partial charge in [0.15, 0.2) is 11.5 Å². The fourth-order valence-electron chi connectivity index (χ4n) is 2.33. The predicted molar refractivity (Wildman–Crippen MR) is 81.3 cm³/mol. The average Bonchev–Trinajstić information content (AvgIpc) is 2.80. The minimum Gasteiger partial charge on any atom is -0.490 e. The van der Waals surface area contributed by atoms with E-state index in [9.17, 15) is 4.79 Å². The molecule has 6 heteroatoms. The van der Waals surface area contributed by atoms with Crippen LogP contribution in [0.25, 0.3) is 0 Å². The number of hydrogen-bond acceptors (Lipinski definition) is 4. The molecule has 6 nitrogen and oxygen atoms in total. The van der Waals surface area contributed by atoms with E-state index in [2.05, 4.69) is 10.3 Å². The highest BCUT2D eigenvalue weighted by Crippen LogP contribution is 2.30. The number of fused-ring (bicyclic) bond motifs is 1. The summed E-state index contributed by atoms with van der Waals surface area (Å²) >= 11 is 0. The minimum atomic E-state index is -0.121. The van der Waals surface area contributed by atoms with Crippen LogP contribution in [0.1, 0.15) is 22.6 Å². The second-order valence-corrected chi connectivity index (χ2v) is 5.17. The molecule has 1 N–H and O–H groups in total. The van der Waals surface area contributed by atoms with E-state index in [0.29, 0.717) is 43.2 Å². The third-order valence-electron chi connectivity index (χ3n) is 3.56.